The first-order valence-electron chi connectivity index (χ1n) is 8.04. The summed E-state index contributed by atoms with van der Waals surface area (Å²) in [5.74, 6) is 0.629. The quantitative estimate of drug-likeness (QED) is 0.505. The molecule has 0 spiro atoms. The minimum absolute atomic E-state index is 0.314. The van der Waals surface area contributed by atoms with Crippen LogP contribution in [-0.2, 0) is 4.74 Å². The average Bonchev–Trinajstić information content (AvgIpc) is 2.59. The summed E-state index contributed by atoms with van der Waals surface area (Å²) in [6, 6.07) is 7.07. The van der Waals surface area contributed by atoms with Gasteiger partial charge in [0.2, 0.25) is 0 Å². The van der Waals surface area contributed by atoms with Gasteiger partial charge < -0.3 is 21.1 Å². The van der Waals surface area contributed by atoms with Crippen LogP contribution < -0.4 is 16.4 Å². The van der Waals surface area contributed by atoms with E-state index in [4.69, 9.17) is 10.5 Å². The smallest absolute Gasteiger partial charge is 0.340 e. The second-order valence-electron chi connectivity index (χ2n) is 5.16. The highest BCUT2D eigenvalue weighted by Crippen LogP contribution is 2.27. The van der Waals surface area contributed by atoms with Crippen molar-refractivity contribution >= 4 is 29.0 Å². The van der Waals surface area contributed by atoms with Crippen LogP contribution in [0.3, 0.4) is 0 Å². The van der Waals surface area contributed by atoms with Crippen LogP contribution in [0.4, 0.5) is 23.0 Å². The van der Waals surface area contributed by atoms with Crippen LogP contribution in [0.1, 0.15) is 37.0 Å². The van der Waals surface area contributed by atoms with Crippen LogP contribution in [0.5, 0.6) is 0 Å². The summed E-state index contributed by atoms with van der Waals surface area (Å²) in [7, 11) is 0. The number of para-hydroxylation sites is 1. The van der Waals surface area contributed by atoms with Crippen molar-refractivity contribution in [1.82, 2.24) is 9.97 Å². The SMILES string of the molecule is CCCCNc1ncnc(Nc2ccccc2C(=O)OCC)c1N. The van der Waals surface area contributed by atoms with Gasteiger partial charge in [0.1, 0.15) is 12.0 Å². The van der Waals surface area contributed by atoms with Crippen molar-refractivity contribution in [3.63, 3.8) is 0 Å². The second-order valence-corrected chi connectivity index (χ2v) is 5.16. The molecule has 0 aliphatic heterocycles. The van der Waals surface area contributed by atoms with Crippen LogP contribution in [0.2, 0.25) is 0 Å². The minimum atomic E-state index is -0.394. The standard InChI is InChI=1S/C17H23N5O2/c1-3-5-10-19-15-14(18)16(21-11-20-15)22-13-9-7-6-8-12(13)17(23)24-4-2/h6-9,11H,3-5,10,18H2,1-2H3,(H2,19,20,21,22). The number of anilines is 4. The first kappa shape index (κ1) is 17.5. The Morgan fingerprint density at radius 3 is 2.71 bits per heavy atom. The molecule has 7 heteroatoms. The Morgan fingerprint density at radius 2 is 1.96 bits per heavy atom. The van der Waals surface area contributed by atoms with Gasteiger partial charge in [-0.25, -0.2) is 14.8 Å². The van der Waals surface area contributed by atoms with E-state index in [1.807, 2.05) is 6.07 Å². The monoisotopic (exact) mass is 329 g/mol. The Labute approximate surface area is 141 Å². The fourth-order valence-electron chi connectivity index (χ4n) is 2.13. The van der Waals surface area contributed by atoms with Gasteiger partial charge in [-0.1, -0.05) is 25.5 Å². The van der Waals surface area contributed by atoms with Gasteiger partial charge in [-0.2, -0.15) is 0 Å². The lowest BCUT2D eigenvalue weighted by Crippen LogP contribution is -2.11. The maximum absolute atomic E-state index is 12.0. The van der Waals surface area contributed by atoms with Gasteiger partial charge >= 0.3 is 5.97 Å². The summed E-state index contributed by atoms with van der Waals surface area (Å²) < 4.78 is 5.07. The molecule has 0 radical (unpaired) electrons. The fraction of sp³-hybridized carbons (Fsp3) is 0.353. The summed E-state index contributed by atoms with van der Waals surface area (Å²) in [6.07, 6.45) is 3.54. The Balaban J connectivity index is 2.22. The highest BCUT2D eigenvalue weighted by molar-refractivity contribution is 5.97. The molecular formula is C17H23N5O2. The minimum Gasteiger partial charge on any atom is -0.462 e. The van der Waals surface area contributed by atoms with E-state index in [-0.39, 0.29) is 0 Å². The molecule has 0 bridgehead atoms. The van der Waals surface area contributed by atoms with E-state index in [0.29, 0.717) is 35.2 Å². The largest absolute Gasteiger partial charge is 0.462 e. The molecule has 1 aromatic heterocycles. The number of nitrogens with two attached hydrogens (primary N) is 1. The molecule has 0 unspecified atom stereocenters. The van der Waals surface area contributed by atoms with Crippen LogP contribution in [0.25, 0.3) is 0 Å². The predicted octanol–water partition coefficient (Wildman–Crippen LogP) is 3.19. The maximum atomic E-state index is 12.0. The summed E-state index contributed by atoms with van der Waals surface area (Å²) >= 11 is 0. The normalized spacial score (nSPS) is 10.2. The number of ether oxygens (including phenoxy) is 1. The lowest BCUT2D eigenvalue weighted by Gasteiger charge is -2.14. The number of rotatable bonds is 8. The molecule has 0 aliphatic rings. The van der Waals surface area contributed by atoms with Gasteiger partial charge in [-0.05, 0) is 25.5 Å². The fourth-order valence-corrected chi connectivity index (χ4v) is 2.13. The molecule has 1 aromatic carbocycles. The van der Waals surface area contributed by atoms with Crippen LogP contribution >= 0.6 is 0 Å². The number of nitrogens with one attached hydrogen (secondary N) is 2. The zero-order valence-corrected chi connectivity index (χ0v) is 14.0. The molecule has 0 fully saturated rings. The average molecular weight is 329 g/mol. The molecule has 7 nitrogen and oxygen atoms in total. The highest BCUT2D eigenvalue weighted by Gasteiger charge is 2.14. The van der Waals surface area contributed by atoms with Crippen molar-refractivity contribution in [3.05, 3.63) is 36.2 Å². The van der Waals surface area contributed by atoms with Crippen LogP contribution in [0.15, 0.2) is 30.6 Å². The topological polar surface area (TPSA) is 102 Å². The van der Waals surface area contributed by atoms with Crippen molar-refractivity contribution in [3.8, 4) is 0 Å². The van der Waals surface area contributed by atoms with Gasteiger partial charge in [0, 0.05) is 6.54 Å². The zero-order chi connectivity index (χ0) is 17.4. The number of carbonyl (C=O) groups is 1. The van der Waals surface area contributed by atoms with Crippen molar-refractivity contribution in [1.29, 1.82) is 0 Å². The lowest BCUT2D eigenvalue weighted by atomic mass is 10.2. The van der Waals surface area contributed by atoms with E-state index in [9.17, 15) is 4.79 Å². The summed E-state index contributed by atoms with van der Waals surface area (Å²) in [5, 5.41) is 6.28. The van der Waals surface area contributed by atoms with Gasteiger partial charge in [0.05, 0.1) is 17.9 Å². The van der Waals surface area contributed by atoms with Crippen molar-refractivity contribution in [2.45, 2.75) is 26.7 Å². The van der Waals surface area contributed by atoms with Crippen molar-refractivity contribution in [2.75, 3.05) is 29.5 Å². The third kappa shape index (κ3) is 4.34. The number of benzene rings is 1. The summed E-state index contributed by atoms with van der Waals surface area (Å²) in [6.45, 7) is 4.99. The van der Waals surface area contributed by atoms with E-state index in [2.05, 4.69) is 27.5 Å². The molecule has 2 rings (SSSR count). The van der Waals surface area contributed by atoms with Gasteiger partial charge in [0.25, 0.3) is 0 Å². The van der Waals surface area contributed by atoms with Crippen LogP contribution in [-0.4, -0.2) is 29.1 Å². The summed E-state index contributed by atoms with van der Waals surface area (Å²) in [5.41, 5.74) is 7.55. The Hall–Kier alpha value is -2.83. The van der Waals surface area contributed by atoms with Crippen LogP contribution in [0, 0.1) is 0 Å². The number of unbranched alkanes of at least 4 members (excludes halogenated alkanes) is 1. The number of carbonyl (C=O) groups excluding carboxylic acids is 1. The molecule has 0 saturated heterocycles. The van der Waals surface area contributed by atoms with Crippen molar-refractivity contribution < 1.29 is 9.53 Å². The molecule has 0 atom stereocenters. The number of aromatic nitrogens is 2. The van der Waals surface area contributed by atoms with Gasteiger partial charge in [-0.15, -0.1) is 0 Å². The molecule has 1 heterocycles. The molecule has 0 saturated carbocycles. The van der Waals surface area contributed by atoms with E-state index in [1.165, 1.54) is 6.33 Å². The predicted molar refractivity (Wildman–Crippen MR) is 95.5 cm³/mol. The molecule has 0 amide bonds. The zero-order valence-electron chi connectivity index (χ0n) is 14.0. The maximum Gasteiger partial charge on any atom is 0.340 e. The van der Waals surface area contributed by atoms with E-state index >= 15 is 0 Å². The Kier molecular flexibility index (Phi) is 6.36. The van der Waals surface area contributed by atoms with Gasteiger partial charge in [0.15, 0.2) is 11.6 Å². The highest BCUT2D eigenvalue weighted by atomic mass is 16.5. The van der Waals surface area contributed by atoms with E-state index < -0.39 is 5.97 Å². The molecule has 24 heavy (non-hydrogen) atoms. The Morgan fingerprint density at radius 1 is 1.21 bits per heavy atom. The third-order valence-electron chi connectivity index (χ3n) is 3.38. The first-order chi connectivity index (χ1) is 11.7. The molecule has 2 aromatic rings. The van der Waals surface area contributed by atoms with Crippen molar-refractivity contribution in [2.24, 2.45) is 0 Å². The lowest BCUT2D eigenvalue weighted by molar-refractivity contribution is 0.0527. The summed E-state index contributed by atoms with van der Waals surface area (Å²) in [4.78, 5) is 20.4. The number of hydrogen-bond donors (Lipinski definition) is 3. The molecule has 128 valence electrons. The first-order valence-corrected chi connectivity index (χ1v) is 8.04. The number of nitrogens with zero attached hydrogens (tertiary/aromatic N) is 2. The molecular weight excluding hydrogens is 306 g/mol. The number of hydrogen-bond acceptors (Lipinski definition) is 7. The molecule has 4 N–H and O–H groups in total. The number of nitrogen functional groups attached to an aromatic ring is 1. The van der Waals surface area contributed by atoms with E-state index in [0.717, 1.165) is 19.4 Å². The Bertz CT molecular complexity index is 690. The molecule has 0 aliphatic carbocycles. The third-order valence-corrected chi connectivity index (χ3v) is 3.38. The van der Waals surface area contributed by atoms with E-state index in [1.54, 1.807) is 25.1 Å². The number of esters is 1. The second kappa shape index (κ2) is 8.71. The van der Waals surface area contributed by atoms with Gasteiger partial charge in [-0.3, -0.25) is 0 Å².